The van der Waals surface area contributed by atoms with Crippen molar-refractivity contribution in [2.45, 2.75) is 26.3 Å². The van der Waals surface area contributed by atoms with E-state index in [4.69, 9.17) is 14.6 Å². The molecule has 0 aliphatic rings. The predicted octanol–water partition coefficient (Wildman–Crippen LogP) is 1.69. The fourth-order valence-electron chi connectivity index (χ4n) is 1.69. The molecule has 0 aliphatic heterocycles. The second kappa shape index (κ2) is 8.14. The van der Waals surface area contributed by atoms with Crippen LogP contribution in [0, 0.1) is 5.92 Å². The van der Waals surface area contributed by atoms with E-state index in [-0.39, 0.29) is 24.9 Å². The largest absolute Gasteiger partial charge is 0.497 e. The molecule has 1 amide bonds. The van der Waals surface area contributed by atoms with Crippen LogP contribution in [0.3, 0.4) is 0 Å². The van der Waals surface area contributed by atoms with Crippen LogP contribution in [0.4, 0.5) is 0 Å². The lowest BCUT2D eigenvalue weighted by Gasteiger charge is -2.17. The number of aliphatic carboxylic acids is 1. The van der Waals surface area contributed by atoms with Gasteiger partial charge in [0.15, 0.2) is 0 Å². The van der Waals surface area contributed by atoms with Gasteiger partial charge in [0, 0.05) is 0 Å². The Labute approximate surface area is 124 Å². The molecule has 1 aromatic rings. The van der Waals surface area contributed by atoms with E-state index < -0.39 is 12.0 Å². The van der Waals surface area contributed by atoms with Gasteiger partial charge in [-0.05, 0) is 30.2 Å². The number of methoxy groups -OCH3 is 1. The van der Waals surface area contributed by atoms with E-state index in [0.29, 0.717) is 5.75 Å². The van der Waals surface area contributed by atoms with Crippen molar-refractivity contribution in [3.8, 4) is 11.5 Å². The number of benzene rings is 1. The summed E-state index contributed by atoms with van der Waals surface area (Å²) < 4.78 is 10.4. The summed E-state index contributed by atoms with van der Waals surface area (Å²) in [4.78, 5) is 22.7. The lowest BCUT2D eigenvalue weighted by Crippen LogP contribution is -2.44. The van der Waals surface area contributed by atoms with Crippen LogP contribution in [0.25, 0.3) is 0 Å². The highest BCUT2D eigenvalue weighted by molar-refractivity contribution is 5.83. The average Bonchev–Trinajstić information content (AvgIpc) is 2.45. The molecule has 1 aromatic carbocycles. The van der Waals surface area contributed by atoms with E-state index in [2.05, 4.69) is 5.32 Å². The molecular formula is C15H21NO5. The van der Waals surface area contributed by atoms with E-state index in [9.17, 15) is 9.59 Å². The summed E-state index contributed by atoms with van der Waals surface area (Å²) in [5.74, 6) is -0.198. The molecule has 0 bridgehead atoms. The molecule has 116 valence electrons. The van der Waals surface area contributed by atoms with Crippen molar-refractivity contribution in [1.29, 1.82) is 0 Å². The van der Waals surface area contributed by atoms with Gasteiger partial charge in [-0.3, -0.25) is 4.79 Å². The number of nitrogens with one attached hydrogen (secondary N) is 1. The number of amides is 1. The molecule has 0 radical (unpaired) electrons. The Morgan fingerprint density at radius 3 is 2.24 bits per heavy atom. The highest BCUT2D eigenvalue weighted by Crippen LogP contribution is 2.17. The number of carbonyl (C=O) groups excluding carboxylic acids is 1. The third-order valence-corrected chi connectivity index (χ3v) is 2.91. The summed E-state index contributed by atoms with van der Waals surface area (Å²) in [5, 5.41) is 11.5. The number of rotatable bonds is 8. The summed E-state index contributed by atoms with van der Waals surface area (Å²) in [6.45, 7) is 3.67. The fraction of sp³-hybridized carbons (Fsp3) is 0.467. The third-order valence-electron chi connectivity index (χ3n) is 2.91. The summed E-state index contributed by atoms with van der Waals surface area (Å²) in [6.07, 6.45) is 0.0997. The van der Waals surface area contributed by atoms with Gasteiger partial charge >= 0.3 is 5.97 Å². The van der Waals surface area contributed by atoms with E-state index in [0.717, 1.165) is 5.75 Å². The molecule has 1 atom stereocenters. The summed E-state index contributed by atoms with van der Waals surface area (Å²) in [5.41, 5.74) is 0. The standard InChI is InChI=1S/C15H21NO5/c1-10(2)14(15(18)19)16-13(17)8-9-21-12-6-4-11(20-3)5-7-12/h4-7,10,14H,8-9H2,1-3H3,(H,16,17)(H,18,19)/t14-/m0/s1. The van der Waals surface area contributed by atoms with E-state index in [1.54, 1.807) is 45.2 Å². The van der Waals surface area contributed by atoms with Gasteiger partial charge in [0.05, 0.1) is 20.1 Å². The molecule has 0 saturated heterocycles. The van der Waals surface area contributed by atoms with Crippen molar-refractivity contribution in [3.63, 3.8) is 0 Å². The topological polar surface area (TPSA) is 84.9 Å². The molecule has 0 aliphatic carbocycles. The van der Waals surface area contributed by atoms with Crippen LogP contribution < -0.4 is 14.8 Å². The Balaban J connectivity index is 2.37. The van der Waals surface area contributed by atoms with Gasteiger partial charge in [-0.25, -0.2) is 4.79 Å². The zero-order valence-electron chi connectivity index (χ0n) is 12.5. The van der Waals surface area contributed by atoms with Crippen molar-refractivity contribution < 1.29 is 24.2 Å². The van der Waals surface area contributed by atoms with E-state index in [1.165, 1.54) is 0 Å². The molecule has 0 saturated carbocycles. The highest BCUT2D eigenvalue weighted by atomic mass is 16.5. The van der Waals surface area contributed by atoms with Gasteiger partial charge in [-0.2, -0.15) is 0 Å². The summed E-state index contributed by atoms with van der Waals surface area (Å²) in [6, 6.07) is 6.12. The van der Waals surface area contributed by atoms with Crippen LogP contribution in [0.5, 0.6) is 11.5 Å². The first-order valence-electron chi connectivity index (χ1n) is 6.73. The molecule has 0 spiro atoms. The minimum Gasteiger partial charge on any atom is -0.497 e. The number of carboxylic acids is 1. The molecule has 1 rings (SSSR count). The first kappa shape index (κ1) is 16.8. The minimum atomic E-state index is -1.03. The first-order chi connectivity index (χ1) is 9.93. The van der Waals surface area contributed by atoms with Crippen LogP contribution in [-0.4, -0.2) is 36.7 Å². The van der Waals surface area contributed by atoms with Crippen LogP contribution in [0.1, 0.15) is 20.3 Å². The third kappa shape index (κ3) is 5.72. The minimum absolute atomic E-state index is 0.0997. The second-order valence-corrected chi connectivity index (χ2v) is 4.90. The number of hydrogen-bond acceptors (Lipinski definition) is 4. The summed E-state index contributed by atoms with van der Waals surface area (Å²) >= 11 is 0. The molecule has 0 unspecified atom stereocenters. The smallest absolute Gasteiger partial charge is 0.326 e. The first-order valence-corrected chi connectivity index (χ1v) is 6.73. The maximum Gasteiger partial charge on any atom is 0.326 e. The second-order valence-electron chi connectivity index (χ2n) is 4.90. The van der Waals surface area contributed by atoms with E-state index >= 15 is 0 Å². The van der Waals surface area contributed by atoms with Crippen LogP contribution in [0.2, 0.25) is 0 Å². The Morgan fingerprint density at radius 2 is 1.76 bits per heavy atom. The Morgan fingerprint density at radius 1 is 1.19 bits per heavy atom. The van der Waals surface area contributed by atoms with Gasteiger partial charge in [0.1, 0.15) is 17.5 Å². The lowest BCUT2D eigenvalue weighted by atomic mass is 10.0. The van der Waals surface area contributed by atoms with Gasteiger partial charge in [0.2, 0.25) is 5.91 Å². The van der Waals surface area contributed by atoms with Crippen molar-refractivity contribution in [3.05, 3.63) is 24.3 Å². The Kier molecular flexibility index (Phi) is 6.52. The Hall–Kier alpha value is -2.24. The Bertz CT molecular complexity index is 469. The number of carbonyl (C=O) groups is 2. The van der Waals surface area contributed by atoms with Gasteiger partial charge in [0.25, 0.3) is 0 Å². The molecule has 0 aromatic heterocycles. The van der Waals surface area contributed by atoms with Crippen molar-refractivity contribution in [2.24, 2.45) is 5.92 Å². The maximum atomic E-state index is 11.7. The molecule has 2 N–H and O–H groups in total. The molecular weight excluding hydrogens is 274 g/mol. The molecule has 6 heteroatoms. The number of ether oxygens (including phenoxy) is 2. The fourth-order valence-corrected chi connectivity index (χ4v) is 1.69. The lowest BCUT2D eigenvalue weighted by molar-refractivity contribution is -0.143. The zero-order chi connectivity index (χ0) is 15.8. The molecule has 21 heavy (non-hydrogen) atoms. The van der Waals surface area contributed by atoms with Crippen LogP contribution in [0.15, 0.2) is 24.3 Å². The highest BCUT2D eigenvalue weighted by Gasteiger charge is 2.23. The van der Waals surface area contributed by atoms with Crippen LogP contribution in [-0.2, 0) is 9.59 Å². The zero-order valence-corrected chi connectivity index (χ0v) is 12.5. The van der Waals surface area contributed by atoms with Crippen molar-refractivity contribution in [1.82, 2.24) is 5.32 Å². The van der Waals surface area contributed by atoms with Crippen LogP contribution >= 0.6 is 0 Å². The molecule has 0 fully saturated rings. The van der Waals surface area contributed by atoms with Gasteiger partial charge in [-0.1, -0.05) is 13.8 Å². The van der Waals surface area contributed by atoms with Gasteiger partial charge in [-0.15, -0.1) is 0 Å². The predicted molar refractivity (Wildman–Crippen MR) is 77.5 cm³/mol. The monoisotopic (exact) mass is 295 g/mol. The van der Waals surface area contributed by atoms with Crippen molar-refractivity contribution in [2.75, 3.05) is 13.7 Å². The molecule has 6 nitrogen and oxygen atoms in total. The number of carboxylic acid groups (broad SMARTS) is 1. The number of hydrogen-bond donors (Lipinski definition) is 2. The maximum absolute atomic E-state index is 11.7. The van der Waals surface area contributed by atoms with E-state index in [1.807, 2.05) is 0 Å². The molecule has 0 heterocycles. The summed E-state index contributed by atoms with van der Waals surface area (Å²) in [7, 11) is 1.58. The van der Waals surface area contributed by atoms with Crippen molar-refractivity contribution >= 4 is 11.9 Å². The van der Waals surface area contributed by atoms with Gasteiger partial charge < -0.3 is 19.9 Å². The SMILES string of the molecule is COc1ccc(OCCC(=O)N[C@H](C(=O)O)C(C)C)cc1. The normalized spacial score (nSPS) is 11.8. The quantitative estimate of drug-likeness (QED) is 0.762. The average molecular weight is 295 g/mol.